The summed E-state index contributed by atoms with van der Waals surface area (Å²) in [6, 6.07) is 8.90. The molecule has 3 rings (SSSR count). The van der Waals surface area contributed by atoms with Gasteiger partial charge in [-0.05, 0) is 36.4 Å². The lowest BCUT2D eigenvalue weighted by Gasteiger charge is -2.35. The number of amides is 2. The number of hydrogen-bond acceptors (Lipinski definition) is 7. The average molecular weight is 469 g/mol. The summed E-state index contributed by atoms with van der Waals surface area (Å²) in [5.41, 5.74) is 0.462. The minimum atomic E-state index is -3.77. The molecule has 9 nitrogen and oxygen atoms in total. The van der Waals surface area contributed by atoms with Gasteiger partial charge in [-0.2, -0.15) is 0 Å². The molecule has 2 heterocycles. The van der Waals surface area contributed by atoms with Crippen molar-refractivity contribution >= 4 is 55.8 Å². The molecule has 0 spiro atoms. The second-order valence-electron chi connectivity index (χ2n) is 6.43. The van der Waals surface area contributed by atoms with Crippen molar-refractivity contribution in [2.24, 2.45) is 5.14 Å². The second-order valence-corrected chi connectivity index (χ2v) is 9.60. The van der Waals surface area contributed by atoms with E-state index in [0.717, 1.165) is 0 Å². The molecule has 160 valence electrons. The van der Waals surface area contributed by atoms with Crippen molar-refractivity contribution in [1.29, 1.82) is 0 Å². The van der Waals surface area contributed by atoms with Crippen LogP contribution in [0.25, 0.3) is 0 Å². The highest BCUT2D eigenvalue weighted by molar-refractivity contribution is 8.23. The topological polar surface area (TPSA) is 126 Å². The fourth-order valence-electron chi connectivity index (χ4n) is 2.79. The average Bonchev–Trinajstić information content (AvgIpc) is 3.26. The number of hydrogen-bond donors (Lipinski definition) is 2. The van der Waals surface area contributed by atoms with Crippen LogP contribution in [0.3, 0.4) is 0 Å². The molecular formula is C18H20N4O5S3. The van der Waals surface area contributed by atoms with Crippen LogP contribution in [-0.4, -0.2) is 66.3 Å². The van der Waals surface area contributed by atoms with Gasteiger partial charge in [-0.1, -0.05) is 24.0 Å². The molecule has 1 aromatic carbocycles. The summed E-state index contributed by atoms with van der Waals surface area (Å²) < 4.78 is 28.2. The number of thiocarbonyl (C=S) groups is 1. The Hall–Kier alpha value is -2.41. The van der Waals surface area contributed by atoms with Crippen molar-refractivity contribution in [3.63, 3.8) is 0 Å². The molecule has 12 heteroatoms. The van der Waals surface area contributed by atoms with Crippen LogP contribution < -0.4 is 10.5 Å². The van der Waals surface area contributed by atoms with Gasteiger partial charge in [0.15, 0.2) is 5.76 Å². The first kappa shape index (κ1) is 22.3. The maximum absolute atomic E-state index is 12.3. The van der Waals surface area contributed by atoms with Crippen LogP contribution in [0.15, 0.2) is 52.0 Å². The monoisotopic (exact) mass is 468 g/mol. The lowest BCUT2D eigenvalue weighted by Crippen LogP contribution is -2.49. The Morgan fingerprint density at radius 3 is 2.30 bits per heavy atom. The van der Waals surface area contributed by atoms with Gasteiger partial charge in [0.1, 0.15) is 4.32 Å². The SMILES string of the molecule is NS(=O)(=O)c1ccc(NC(=O)CSC(=S)N2CCN(C(=O)c3ccco3)CC2)cc1. The van der Waals surface area contributed by atoms with E-state index in [4.69, 9.17) is 21.8 Å². The fourth-order valence-corrected chi connectivity index (χ4v) is 4.36. The fraction of sp³-hybridized carbons (Fsp3) is 0.278. The number of nitrogens with zero attached hydrogens (tertiary/aromatic N) is 2. The van der Waals surface area contributed by atoms with Crippen molar-refractivity contribution < 1.29 is 22.4 Å². The number of rotatable bonds is 5. The van der Waals surface area contributed by atoms with E-state index in [1.165, 1.54) is 42.3 Å². The van der Waals surface area contributed by atoms with E-state index < -0.39 is 10.0 Å². The van der Waals surface area contributed by atoms with Gasteiger partial charge in [0.2, 0.25) is 15.9 Å². The largest absolute Gasteiger partial charge is 0.459 e. The third kappa shape index (κ3) is 5.81. The third-order valence-electron chi connectivity index (χ3n) is 4.35. The third-order valence-corrected chi connectivity index (χ3v) is 6.80. The van der Waals surface area contributed by atoms with Crippen LogP contribution in [0.5, 0.6) is 0 Å². The minimum Gasteiger partial charge on any atom is -0.459 e. The first-order chi connectivity index (χ1) is 14.2. The number of thioether (sulfide) groups is 1. The van der Waals surface area contributed by atoms with E-state index in [0.29, 0.717) is 41.9 Å². The molecule has 2 amide bonds. The molecule has 1 fully saturated rings. The van der Waals surface area contributed by atoms with E-state index in [1.807, 2.05) is 4.90 Å². The summed E-state index contributed by atoms with van der Waals surface area (Å²) in [4.78, 5) is 28.1. The van der Waals surface area contributed by atoms with Crippen LogP contribution >= 0.6 is 24.0 Å². The summed E-state index contributed by atoms with van der Waals surface area (Å²) in [6.07, 6.45) is 1.47. The zero-order valence-electron chi connectivity index (χ0n) is 15.8. The molecule has 3 N–H and O–H groups in total. The summed E-state index contributed by atoms with van der Waals surface area (Å²) >= 11 is 6.64. The predicted molar refractivity (Wildman–Crippen MR) is 118 cm³/mol. The van der Waals surface area contributed by atoms with Crippen molar-refractivity contribution in [2.45, 2.75) is 4.90 Å². The molecule has 0 radical (unpaired) electrons. The van der Waals surface area contributed by atoms with Gasteiger partial charge in [-0.15, -0.1) is 0 Å². The highest BCUT2D eigenvalue weighted by Crippen LogP contribution is 2.16. The van der Waals surface area contributed by atoms with Crippen LogP contribution in [0.4, 0.5) is 5.69 Å². The smallest absolute Gasteiger partial charge is 0.289 e. The number of primary sulfonamides is 1. The van der Waals surface area contributed by atoms with Crippen LogP contribution in [0, 0.1) is 0 Å². The molecule has 0 bridgehead atoms. The Morgan fingerprint density at radius 1 is 1.10 bits per heavy atom. The van der Waals surface area contributed by atoms with Crippen LogP contribution in [0.1, 0.15) is 10.6 Å². The normalized spacial score (nSPS) is 14.4. The Morgan fingerprint density at radius 2 is 1.73 bits per heavy atom. The lowest BCUT2D eigenvalue weighted by atomic mass is 10.3. The molecule has 1 saturated heterocycles. The maximum atomic E-state index is 12.3. The lowest BCUT2D eigenvalue weighted by molar-refractivity contribution is -0.113. The Balaban J connectivity index is 1.42. The summed E-state index contributed by atoms with van der Waals surface area (Å²) in [6.45, 7) is 2.19. The zero-order chi connectivity index (χ0) is 21.7. The molecule has 0 atom stereocenters. The van der Waals surface area contributed by atoms with Crippen molar-refractivity contribution in [2.75, 3.05) is 37.2 Å². The van der Waals surface area contributed by atoms with Crippen molar-refractivity contribution in [3.8, 4) is 0 Å². The van der Waals surface area contributed by atoms with Gasteiger partial charge in [-0.25, -0.2) is 13.6 Å². The maximum Gasteiger partial charge on any atom is 0.289 e. The van der Waals surface area contributed by atoms with Crippen LogP contribution in [-0.2, 0) is 14.8 Å². The first-order valence-electron chi connectivity index (χ1n) is 8.91. The van der Waals surface area contributed by atoms with Crippen LogP contribution in [0.2, 0.25) is 0 Å². The van der Waals surface area contributed by atoms with Gasteiger partial charge in [-0.3, -0.25) is 9.59 Å². The molecule has 1 aliphatic rings. The van der Waals surface area contributed by atoms with Gasteiger partial charge in [0.25, 0.3) is 5.91 Å². The Bertz CT molecular complexity index is 1010. The summed E-state index contributed by atoms with van der Waals surface area (Å²) in [5, 5.41) is 7.73. The van der Waals surface area contributed by atoms with E-state index in [2.05, 4.69) is 5.32 Å². The second kappa shape index (κ2) is 9.60. The van der Waals surface area contributed by atoms with Gasteiger partial charge >= 0.3 is 0 Å². The number of benzene rings is 1. The number of anilines is 1. The van der Waals surface area contributed by atoms with E-state index >= 15 is 0 Å². The van der Waals surface area contributed by atoms with Crippen molar-refractivity contribution in [3.05, 3.63) is 48.4 Å². The Labute approximate surface area is 183 Å². The highest BCUT2D eigenvalue weighted by Gasteiger charge is 2.25. The first-order valence-corrected chi connectivity index (χ1v) is 11.9. The van der Waals surface area contributed by atoms with Gasteiger partial charge in [0, 0.05) is 31.9 Å². The molecule has 0 unspecified atom stereocenters. The van der Waals surface area contributed by atoms with Gasteiger partial charge in [0.05, 0.1) is 16.9 Å². The van der Waals surface area contributed by atoms with Crippen molar-refractivity contribution in [1.82, 2.24) is 9.80 Å². The minimum absolute atomic E-state index is 0.0271. The standard InChI is InChI=1S/C18H20N4O5S3/c19-30(25,26)14-5-3-13(4-6-14)20-16(23)12-29-18(28)22-9-7-21(8-10-22)17(24)15-2-1-11-27-15/h1-6,11H,7-10,12H2,(H,20,23)(H2,19,25,26). The predicted octanol–water partition coefficient (Wildman–Crippen LogP) is 1.34. The molecule has 1 aromatic heterocycles. The molecule has 1 aliphatic heterocycles. The number of carbonyl (C=O) groups excluding carboxylic acids is 2. The zero-order valence-corrected chi connectivity index (χ0v) is 18.3. The molecular weight excluding hydrogens is 448 g/mol. The quantitative estimate of drug-likeness (QED) is 0.630. The number of furan rings is 1. The number of nitrogens with one attached hydrogen (secondary N) is 1. The number of sulfonamides is 1. The molecule has 0 aliphatic carbocycles. The highest BCUT2D eigenvalue weighted by atomic mass is 32.2. The number of nitrogens with two attached hydrogens (primary N) is 1. The summed E-state index contributed by atoms with van der Waals surface area (Å²) in [5.74, 6) is 0.0129. The molecule has 2 aromatic rings. The van der Waals surface area contributed by atoms with Gasteiger partial charge < -0.3 is 19.5 Å². The number of carbonyl (C=O) groups is 2. The van der Waals surface area contributed by atoms with E-state index in [9.17, 15) is 18.0 Å². The molecule has 30 heavy (non-hydrogen) atoms. The van der Waals surface area contributed by atoms with E-state index in [-0.39, 0.29) is 22.5 Å². The Kier molecular flexibility index (Phi) is 7.13. The molecule has 0 saturated carbocycles. The number of piperazine rings is 1. The summed E-state index contributed by atoms with van der Waals surface area (Å²) in [7, 11) is -3.77. The van der Waals surface area contributed by atoms with E-state index in [1.54, 1.807) is 17.0 Å².